The molecule has 0 radical (unpaired) electrons. The van der Waals surface area contributed by atoms with Crippen LogP contribution in [0.2, 0.25) is 5.02 Å². The van der Waals surface area contributed by atoms with E-state index in [9.17, 15) is 5.11 Å². The van der Waals surface area contributed by atoms with E-state index in [0.717, 1.165) is 33.7 Å². The Hall–Kier alpha value is -2.47. The predicted octanol–water partition coefficient (Wildman–Crippen LogP) is 3.85. The number of aromatic nitrogens is 3. The number of hydrogen-bond acceptors (Lipinski definition) is 4. The molecule has 4 rings (SSSR count). The molecule has 0 fully saturated rings. The van der Waals surface area contributed by atoms with Gasteiger partial charge in [-0.2, -0.15) is 0 Å². The summed E-state index contributed by atoms with van der Waals surface area (Å²) >= 11 is 6.36. The Balaban J connectivity index is 2.04. The van der Waals surface area contributed by atoms with Crippen molar-refractivity contribution in [3.8, 4) is 0 Å². The minimum Gasteiger partial charge on any atom is -0.379 e. The molecule has 0 saturated heterocycles. The third-order valence-corrected chi connectivity index (χ3v) is 5.80. The highest BCUT2D eigenvalue weighted by molar-refractivity contribution is 6.30. The zero-order valence-electron chi connectivity index (χ0n) is 16.4. The van der Waals surface area contributed by atoms with E-state index in [1.807, 2.05) is 62.0 Å². The molecule has 0 amide bonds. The quantitative estimate of drug-likeness (QED) is 0.708. The number of hydrogen-bond donors (Lipinski definition) is 2. The third-order valence-electron chi connectivity index (χ3n) is 5.57. The summed E-state index contributed by atoms with van der Waals surface area (Å²) in [5.74, 6) is 0. The lowest BCUT2D eigenvalue weighted by atomic mass is 9.83. The Morgan fingerprint density at radius 2 is 2.04 bits per heavy atom. The first kappa shape index (κ1) is 18.9. The first-order valence-corrected chi connectivity index (χ1v) is 9.57. The van der Waals surface area contributed by atoms with Crippen molar-refractivity contribution in [2.75, 3.05) is 7.05 Å². The summed E-state index contributed by atoms with van der Waals surface area (Å²) in [5.41, 5.74) is 4.76. The van der Waals surface area contributed by atoms with Crippen molar-refractivity contribution in [3.05, 3.63) is 81.7 Å². The van der Waals surface area contributed by atoms with Crippen molar-refractivity contribution in [2.45, 2.75) is 25.5 Å². The number of nitrogens with zero attached hydrogens (tertiary/aromatic N) is 3. The summed E-state index contributed by atoms with van der Waals surface area (Å²) in [5, 5.41) is 15.7. The van der Waals surface area contributed by atoms with E-state index < -0.39 is 5.60 Å². The predicted molar refractivity (Wildman–Crippen MR) is 112 cm³/mol. The van der Waals surface area contributed by atoms with Gasteiger partial charge in [0.1, 0.15) is 5.60 Å². The topological polar surface area (TPSA) is 63.0 Å². The van der Waals surface area contributed by atoms with Crippen LogP contribution < -0.4 is 5.32 Å². The number of aryl methyl sites for hydroxylation is 1. The minimum atomic E-state index is -1.31. The van der Waals surface area contributed by atoms with Crippen LogP contribution in [-0.4, -0.2) is 26.7 Å². The van der Waals surface area contributed by atoms with Crippen molar-refractivity contribution < 1.29 is 5.11 Å². The highest BCUT2D eigenvalue weighted by Crippen LogP contribution is 2.44. The van der Waals surface area contributed by atoms with Gasteiger partial charge in [-0.25, -0.2) is 4.98 Å². The Morgan fingerprint density at radius 1 is 1.25 bits per heavy atom. The molecule has 0 aliphatic heterocycles. The second-order valence-corrected chi connectivity index (χ2v) is 7.79. The van der Waals surface area contributed by atoms with Crippen molar-refractivity contribution in [3.63, 3.8) is 0 Å². The molecule has 144 valence electrons. The Bertz CT molecular complexity index is 1080. The van der Waals surface area contributed by atoms with Gasteiger partial charge in [-0.1, -0.05) is 23.7 Å². The molecular formula is C22H23ClN4O. The van der Waals surface area contributed by atoms with Crippen LogP contribution in [0.4, 0.5) is 0 Å². The molecule has 0 bridgehead atoms. The number of imidazole rings is 1. The van der Waals surface area contributed by atoms with Crippen LogP contribution in [0, 0.1) is 6.92 Å². The Morgan fingerprint density at radius 3 is 2.71 bits per heavy atom. The second kappa shape index (κ2) is 6.85. The average molecular weight is 395 g/mol. The molecule has 1 aromatic carbocycles. The van der Waals surface area contributed by atoms with Gasteiger partial charge in [0.2, 0.25) is 0 Å². The highest BCUT2D eigenvalue weighted by atomic mass is 35.5. The molecule has 1 unspecified atom stereocenters. The van der Waals surface area contributed by atoms with E-state index in [1.54, 1.807) is 19.4 Å². The first-order chi connectivity index (χ1) is 13.3. The lowest BCUT2D eigenvalue weighted by Crippen LogP contribution is -2.26. The summed E-state index contributed by atoms with van der Waals surface area (Å²) in [6.45, 7) is 3.74. The second-order valence-electron chi connectivity index (χ2n) is 7.35. The Labute approximate surface area is 169 Å². The molecule has 0 saturated carbocycles. The molecule has 6 heteroatoms. The standard InChI is InChI=1S/C22H23ClN4O/c1-13-21(26-12-27(13)4)22(2,28)18-10-14-6-5-9-25-19(14)20(24-3)16-8-7-15(23)11-17(16)18/h5-12,20,24,28H,1-4H3/t20-,22?/m1/s1. The number of nitrogens with one attached hydrogen (secondary N) is 1. The van der Waals surface area contributed by atoms with Crippen molar-refractivity contribution >= 4 is 23.3 Å². The van der Waals surface area contributed by atoms with E-state index in [1.165, 1.54) is 0 Å². The number of aliphatic hydroxyl groups is 1. The van der Waals surface area contributed by atoms with E-state index in [0.29, 0.717) is 10.7 Å². The zero-order valence-corrected chi connectivity index (χ0v) is 17.1. The van der Waals surface area contributed by atoms with Gasteiger partial charge in [-0.3, -0.25) is 4.98 Å². The SMILES string of the molecule is CN[C@@H]1c2ccc(Cl)cc2C(C(C)(O)c2ncn(C)c2C)=Cc2cccnc21. The lowest BCUT2D eigenvalue weighted by molar-refractivity contribution is 0.117. The van der Waals surface area contributed by atoms with Gasteiger partial charge in [-0.05, 0) is 67.4 Å². The summed E-state index contributed by atoms with van der Waals surface area (Å²) in [6, 6.07) is 9.59. The van der Waals surface area contributed by atoms with Gasteiger partial charge in [0.25, 0.3) is 0 Å². The average Bonchev–Trinajstić information content (AvgIpc) is 2.94. The fraction of sp³-hybridized carbons (Fsp3) is 0.273. The van der Waals surface area contributed by atoms with Gasteiger partial charge in [0, 0.05) is 24.0 Å². The van der Waals surface area contributed by atoms with Crippen LogP contribution in [0.1, 0.15) is 46.7 Å². The van der Waals surface area contributed by atoms with E-state index >= 15 is 0 Å². The normalized spacial score (nSPS) is 17.9. The summed E-state index contributed by atoms with van der Waals surface area (Å²) in [7, 11) is 3.83. The monoisotopic (exact) mass is 394 g/mol. The number of rotatable bonds is 3. The number of fused-ring (bicyclic) bond motifs is 2. The van der Waals surface area contributed by atoms with E-state index in [-0.39, 0.29) is 6.04 Å². The maximum atomic E-state index is 11.7. The first-order valence-electron chi connectivity index (χ1n) is 9.19. The molecule has 2 N–H and O–H groups in total. The highest BCUT2D eigenvalue weighted by Gasteiger charge is 2.37. The minimum absolute atomic E-state index is 0.113. The van der Waals surface area contributed by atoms with Crippen LogP contribution in [0.25, 0.3) is 11.6 Å². The van der Waals surface area contributed by atoms with Crippen LogP contribution in [-0.2, 0) is 12.6 Å². The molecule has 5 nitrogen and oxygen atoms in total. The summed E-state index contributed by atoms with van der Waals surface area (Å²) in [4.78, 5) is 9.11. The van der Waals surface area contributed by atoms with Crippen LogP contribution in [0.15, 0.2) is 42.9 Å². The smallest absolute Gasteiger partial charge is 0.131 e. The molecular weight excluding hydrogens is 372 g/mol. The molecule has 1 aliphatic carbocycles. The number of halogens is 1. The molecule has 3 aromatic rings. The number of benzene rings is 1. The summed E-state index contributed by atoms with van der Waals surface area (Å²) in [6.07, 6.45) is 5.52. The Kier molecular flexibility index (Phi) is 4.62. The maximum Gasteiger partial charge on any atom is 0.131 e. The number of pyridine rings is 1. The van der Waals surface area contributed by atoms with Crippen LogP contribution in [0.5, 0.6) is 0 Å². The molecule has 2 atom stereocenters. The van der Waals surface area contributed by atoms with Crippen molar-refractivity contribution in [1.82, 2.24) is 19.9 Å². The zero-order chi connectivity index (χ0) is 20.1. The van der Waals surface area contributed by atoms with Gasteiger partial charge >= 0.3 is 0 Å². The molecule has 1 aliphatic rings. The molecule has 0 spiro atoms. The molecule has 2 heterocycles. The van der Waals surface area contributed by atoms with Gasteiger partial charge in [0.15, 0.2) is 0 Å². The van der Waals surface area contributed by atoms with Crippen molar-refractivity contribution in [1.29, 1.82) is 0 Å². The van der Waals surface area contributed by atoms with Gasteiger partial charge in [0.05, 0.1) is 23.8 Å². The third kappa shape index (κ3) is 2.87. The van der Waals surface area contributed by atoms with Crippen LogP contribution >= 0.6 is 11.6 Å². The van der Waals surface area contributed by atoms with Gasteiger partial charge in [-0.15, -0.1) is 0 Å². The maximum absolute atomic E-state index is 11.7. The fourth-order valence-electron chi connectivity index (χ4n) is 3.98. The lowest BCUT2D eigenvalue weighted by Gasteiger charge is -2.28. The van der Waals surface area contributed by atoms with Crippen molar-refractivity contribution in [2.24, 2.45) is 7.05 Å². The van der Waals surface area contributed by atoms with E-state index in [2.05, 4.69) is 15.3 Å². The summed E-state index contributed by atoms with van der Waals surface area (Å²) < 4.78 is 1.91. The van der Waals surface area contributed by atoms with Gasteiger partial charge < -0.3 is 15.0 Å². The largest absolute Gasteiger partial charge is 0.379 e. The fourth-order valence-corrected chi connectivity index (χ4v) is 4.15. The van der Waals surface area contributed by atoms with Crippen LogP contribution in [0.3, 0.4) is 0 Å². The molecule has 28 heavy (non-hydrogen) atoms. The van der Waals surface area contributed by atoms with E-state index in [4.69, 9.17) is 11.6 Å². The molecule has 2 aromatic heterocycles.